The number of nitrogens with zero attached hydrogens (tertiary/aromatic N) is 3. The van der Waals surface area contributed by atoms with Gasteiger partial charge in [-0.15, -0.1) is 0 Å². The summed E-state index contributed by atoms with van der Waals surface area (Å²) in [5.74, 6) is 0. The molecule has 3 heteroatoms. The largest absolute Gasteiger partial charge is 0.313 e. The van der Waals surface area contributed by atoms with Crippen molar-refractivity contribution < 1.29 is 0 Å². The number of aromatic nitrogens is 2. The minimum absolute atomic E-state index is 0.159. The molecule has 1 aliphatic heterocycles. The van der Waals surface area contributed by atoms with Crippen LogP contribution in [0.25, 0.3) is 71.7 Å². The van der Waals surface area contributed by atoms with E-state index in [1.807, 2.05) is 6.20 Å². The van der Waals surface area contributed by atoms with Gasteiger partial charge in [0.25, 0.3) is 0 Å². The molecule has 0 bridgehead atoms. The average molecular weight is 716 g/mol. The van der Waals surface area contributed by atoms with E-state index in [1.54, 1.807) is 0 Å². The van der Waals surface area contributed by atoms with Crippen LogP contribution in [0.2, 0.25) is 0 Å². The second kappa shape index (κ2) is 12.8. The molecule has 1 aromatic heterocycles. The number of allylic oxidation sites excluding steroid dienone is 4. The summed E-state index contributed by atoms with van der Waals surface area (Å²) >= 11 is 0. The zero-order valence-corrected chi connectivity index (χ0v) is 31.0. The van der Waals surface area contributed by atoms with Crippen LogP contribution in [0.3, 0.4) is 0 Å². The molecular weight excluding hydrogens is 679 g/mol. The maximum absolute atomic E-state index is 5.43. The summed E-state index contributed by atoms with van der Waals surface area (Å²) in [6.07, 6.45) is 7.50. The highest BCUT2D eigenvalue weighted by Gasteiger charge is 2.45. The van der Waals surface area contributed by atoms with E-state index in [9.17, 15) is 0 Å². The predicted molar refractivity (Wildman–Crippen MR) is 234 cm³/mol. The summed E-state index contributed by atoms with van der Waals surface area (Å²) in [5.41, 5.74) is 16.0. The van der Waals surface area contributed by atoms with Crippen LogP contribution in [0.15, 0.2) is 200 Å². The van der Waals surface area contributed by atoms with Crippen molar-refractivity contribution >= 4 is 49.5 Å². The summed E-state index contributed by atoms with van der Waals surface area (Å²) in [7, 11) is 0. The number of para-hydroxylation sites is 2. The zero-order valence-electron chi connectivity index (χ0n) is 31.0. The molecule has 0 saturated heterocycles. The lowest BCUT2D eigenvalue weighted by Crippen LogP contribution is -2.28. The summed E-state index contributed by atoms with van der Waals surface area (Å²) in [5, 5.41) is 4.57. The van der Waals surface area contributed by atoms with Gasteiger partial charge in [0.2, 0.25) is 0 Å². The van der Waals surface area contributed by atoms with Gasteiger partial charge in [-0.3, -0.25) is 4.98 Å². The Morgan fingerprint density at radius 3 is 1.77 bits per heavy atom. The lowest BCUT2D eigenvalue weighted by molar-refractivity contribution is 0.586. The zero-order chi connectivity index (χ0) is 37.2. The van der Waals surface area contributed by atoms with Gasteiger partial charge in [-0.05, 0) is 106 Å². The van der Waals surface area contributed by atoms with E-state index in [4.69, 9.17) is 9.97 Å². The maximum atomic E-state index is 5.43. The Morgan fingerprint density at radius 2 is 1.07 bits per heavy atom. The van der Waals surface area contributed by atoms with E-state index in [0.717, 1.165) is 39.5 Å². The number of rotatable bonds is 5. The number of fused-ring (bicyclic) bond motifs is 9. The van der Waals surface area contributed by atoms with Crippen molar-refractivity contribution in [3.63, 3.8) is 0 Å². The van der Waals surface area contributed by atoms with Crippen molar-refractivity contribution in [1.82, 2.24) is 9.97 Å². The highest BCUT2D eigenvalue weighted by atomic mass is 15.2. The van der Waals surface area contributed by atoms with Gasteiger partial charge in [0.05, 0.1) is 22.9 Å². The molecule has 0 amide bonds. The second-order valence-corrected chi connectivity index (χ2v) is 15.2. The van der Waals surface area contributed by atoms with Crippen molar-refractivity contribution in [3.8, 4) is 33.5 Å². The van der Waals surface area contributed by atoms with Crippen LogP contribution >= 0.6 is 0 Å². The van der Waals surface area contributed by atoms with Crippen molar-refractivity contribution in [3.05, 3.63) is 211 Å². The highest BCUT2D eigenvalue weighted by molar-refractivity contribution is 6.24. The van der Waals surface area contributed by atoms with Crippen LogP contribution in [0.4, 0.5) is 11.4 Å². The van der Waals surface area contributed by atoms with E-state index in [-0.39, 0.29) is 5.41 Å². The van der Waals surface area contributed by atoms with Crippen LogP contribution in [0.5, 0.6) is 0 Å². The molecule has 264 valence electrons. The van der Waals surface area contributed by atoms with E-state index in [0.29, 0.717) is 0 Å². The van der Waals surface area contributed by atoms with Gasteiger partial charge in [0, 0.05) is 38.8 Å². The first-order valence-electron chi connectivity index (χ1n) is 19.4. The molecule has 1 unspecified atom stereocenters. The van der Waals surface area contributed by atoms with Crippen LogP contribution < -0.4 is 4.90 Å². The fourth-order valence-corrected chi connectivity index (χ4v) is 9.13. The number of hydrogen-bond acceptors (Lipinski definition) is 3. The SMILES string of the molecule is CC12CC(c3cccc(-c4cnc5c6ccc(-c7ccccc7)cc6c6cc(-c7ccccc7)ccc6c5n4)c3)=CC=C1N(c1ccccc1)c1ccccc12. The highest BCUT2D eigenvalue weighted by Crippen LogP contribution is 2.56. The van der Waals surface area contributed by atoms with Crippen molar-refractivity contribution in [2.75, 3.05) is 4.90 Å². The molecule has 2 aliphatic rings. The average Bonchev–Trinajstić information content (AvgIpc) is 3.54. The lowest BCUT2D eigenvalue weighted by Gasteiger charge is -2.34. The minimum atomic E-state index is -0.159. The van der Waals surface area contributed by atoms with E-state index in [2.05, 4.69) is 200 Å². The van der Waals surface area contributed by atoms with Gasteiger partial charge in [0.1, 0.15) is 0 Å². The summed E-state index contributed by atoms with van der Waals surface area (Å²) in [6.45, 7) is 2.40. The Labute approximate surface area is 326 Å². The molecule has 1 atom stereocenters. The monoisotopic (exact) mass is 715 g/mol. The molecule has 9 aromatic rings. The quantitative estimate of drug-likeness (QED) is 0.166. The molecule has 0 fully saturated rings. The molecule has 11 rings (SSSR count). The number of anilines is 2. The molecule has 0 saturated carbocycles. The molecule has 8 aromatic carbocycles. The first-order valence-corrected chi connectivity index (χ1v) is 19.4. The molecular formula is C53H37N3. The third-order valence-corrected chi connectivity index (χ3v) is 11.9. The lowest BCUT2D eigenvalue weighted by atomic mass is 9.72. The van der Waals surface area contributed by atoms with Gasteiger partial charge in [-0.25, -0.2) is 4.98 Å². The molecule has 1 aliphatic carbocycles. The fourth-order valence-electron chi connectivity index (χ4n) is 9.13. The van der Waals surface area contributed by atoms with Crippen LogP contribution in [-0.4, -0.2) is 9.97 Å². The van der Waals surface area contributed by atoms with Crippen LogP contribution in [-0.2, 0) is 5.41 Å². The molecule has 2 heterocycles. The first-order chi connectivity index (χ1) is 27.6. The Kier molecular flexibility index (Phi) is 7.36. The third kappa shape index (κ3) is 5.12. The predicted octanol–water partition coefficient (Wildman–Crippen LogP) is 13.7. The van der Waals surface area contributed by atoms with Gasteiger partial charge in [-0.2, -0.15) is 0 Å². The number of benzene rings is 8. The number of hydrogen-bond donors (Lipinski definition) is 0. The minimum Gasteiger partial charge on any atom is -0.313 e. The van der Waals surface area contributed by atoms with Gasteiger partial charge >= 0.3 is 0 Å². The standard InChI is InChI=1S/C53H37N3/c1-53-33-41(26-29-50(53)56(42-20-9-4-10-21-42)49-23-12-11-22-47(49)53)37-18-13-19-40(30-37)48-34-54-51-43-27-24-38(35-14-5-2-6-15-35)31-45(43)46-32-39(36-16-7-3-8-17-36)25-28-44(46)52(51)55-48/h2-32,34H,33H2,1H3. The molecule has 56 heavy (non-hydrogen) atoms. The van der Waals surface area contributed by atoms with E-state index in [1.165, 1.54) is 66.8 Å². The van der Waals surface area contributed by atoms with Gasteiger partial charge in [-0.1, -0.05) is 146 Å². The Morgan fingerprint density at radius 1 is 0.482 bits per heavy atom. The third-order valence-electron chi connectivity index (χ3n) is 11.9. The molecule has 0 radical (unpaired) electrons. The fraction of sp³-hybridized carbons (Fsp3) is 0.0566. The van der Waals surface area contributed by atoms with E-state index >= 15 is 0 Å². The smallest absolute Gasteiger partial charge is 0.0979 e. The van der Waals surface area contributed by atoms with Crippen LogP contribution in [0, 0.1) is 0 Å². The first kappa shape index (κ1) is 32.3. The van der Waals surface area contributed by atoms with Crippen molar-refractivity contribution in [2.24, 2.45) is 0 Å². The maximum Gasteiger partial charge on any atom is 0.0979 e. The molecule has 3 nitrogen and oxygen atoms in total. The Balaban J connectivity index is 1.03. The second-order valence-electron chi connectivity index (χ2n) is 15.2. The van der Waals surface area contributed by atoms with Crippen molar-refractivity contribution in [2.45, 2.75) is 18.8 Å². The summed E-state index contributed by atoms with van der Waals surface area (Å²) < 4.78 is 0. The van der Waals surface area contributed by atoms with Crippen LogP contribution in [0.1, 0.15) is 24.5 Å². The normalized spacial score (nSPS) is 16.1. The summed E-state index contributed by atoms with van der Waals surface area (Å²) in [6, 6.07) is 63.2. The molecule has 0 N–H and O–H groups in total. The topological polar surface area (TPSA) is 29.0 Å². The molecule has 0 spiro atoms. The Hall–Kier alpha value is -7.10. The Bertz CT molecular complexity index is 3060. The summed E-state index contributed by atoms with van der Waals surface area (Å²) in [4.78, 5) is 13.1. The van der Waals surface area contributed by atoms with Gasteiger partial charge in [0.15, 0.2) is 0 Å². The van der Waals surface area contributed by atoms with E-state index < -0.39 is 0 Å². The van der Waals surface area contributed by atoms with Gasteiger partial charge < -0.3 is 4.90 Å². The van der Waals surface area contributed by atoms with Crippen molar-refractivity contribution in [1.29, 1.82) is 0 Å².